The molecule has 14 heteroatoms. The molecule has 13 nitrogen and oxygen atoms in total. The van der Waals surface area contributed by atoms with E-state index in [4.69, 9.17) is 30.5 Å². The van der Waals surface area contributed by atoms with Crippen LogP contribution in [0, 0.1) is 0 Å². The molecule has 0 radical (unpaired) electrons. The van der Waals surface area contributed by atoms with Crippen LogP contribution in [0.2, 0.25) is 0 Å². The molecule has 0 fully saturated rings. The van der Waals surface area contributed by atoms with Gasteiger partial charge in [0.05, 0.1) is 19.5 Å². The lowest BCUT2D eigenvalue weighted by Gasteiger charge is -2.03. The van der Waals surface area contributed by atoms with Gasteiger partial charge in [-0.3, -0.25) is 14.3 Å². The number of aromatic nitrogens is 4. The number of carboxylic acid groups (broad SMARTS) is 1. The number of imidazole rings is 1. The van der Waals surface area contributed by atoms with Crippen LogP contribution in [0.1, 0.15) is 0 Å². The van der Waals surface area contributed by atoms with Gasteiger partial charge in [0.15, 0.2) is 11.2 Å². The van der Waals surface area contributed by atoms with E-state index in [1.54, 1.807) is 0 Å². The van der Waals surface area contributed by atoms with E-state index in [1.165, 1.54) is 10.9 Å². The number of aromatic amines is 1. The molecule has 7 N–H and O–H groups in total. The number of ether oxygens (including phenoxy) is 1. The zero-order valence-corrected chi connectivity index (χ0v) is 12.4. The molecule has 2 rings (SSSR count). The van der Waals surface area contributed by atoms with Gasteiger partial charge in [0, 0.05) is 0 Å². The van der Waals surface area contributed by atoms with Crippen molar-refractivity contribution in [3.63, 3.8) is 0 Å². The predicted octanol–water partition coefficient (Wildman–Crippen LogP) is -1.49. The first-order valence-corrected chi connectivity index (χ1v) is 7.46. The highest BCUT2D eigenvalue weighted by Crippen LogP contribution is 2.34. The molecule has 0 bridgehead atoms. The number of aliphatic hydroxyl groups is 1. The molecule has 0 aromatic carbocycles. The Kier molecular flexibility index (Phi) is 6.36. The average molecular weight is 351 g/mol. The quantitative estimate of drug-likeness (QED) is 0.269. The van der Waals surface area contributed by atoms with Gasteiger partial charge in [-0.1, -0.05) is 0 Å². The Labute approximate surface area is 127 Å². The number of H-pyrrole nitrogens is 1. The van der Waals surface area contributed by atoms with E-state index in [0.29, 0.717) is 5.65 Å². The summed E-state index contributed by atoms with van der Waals surface area (Å²) in [6.45, 7) is 0.300. The lowest BCUT2D eigenvalue weighted by Crippen LogP contribution is -2.13. The molecule has 0 aliphatic rings. The summed E-state index contributed by atoms with van der Waals surface area (Å²) in [6, 6.07) is 0. The Morgan fingerprint density at radius 1 is 1.48 bits per heavy atom. The molecule has 0 saturated heterocycles. The predicted molar refractivity (Wildman–Crippen MR) is 75.7 cm³/mol. The summed E-state index contributed by atoms with van der Waals surface area (Å²) in [6.07, 6.45) is 1.43. The summed E-state index contributed by atoms with van der Waals surface area (Å²) in [7, 11) is -4.82. The Balaban J connectivity index is 0.000000322. The third-order valence-corrected chi connectivity index (χ3v) is 2.71. The third-order valence-electron chi connectivity index (χ3n) is 2.21. The van der Waals surface area contributed by atoms with Crippen LogP contribution >= 0.6 is 7.60 Å². The molecule has 0 unspecified atom stereocenters. The molecule has 0 aliphatic carbocycles. The van der Waals surface area contributed by atoms with Crippen LogP contribution in [0.3, 0.4) is 0 Å². The molecule has 0 aliphatic heterocycles. The van der Waals surface area contributed by atoms with Crippen molar-refractivity contribution in [1.29, 1.82) is 0 Å². The van der Waals surface area contributed by atoms with E-state index in [1.807, 2.05) is 0 Å². The Bertz CT molecular complexity index is 780. The van der Waals surface area contributed by atoms with Gasteiger partial charge in [0.2, 0.25) is 5.95 Å². The molecule has 0 amide bonds. The number of nitrogens with two attached hydrogens (primary N) is 1. The Hall–Kier alpha value is -2.31. The topological polar surface area (TPSA) is 214 Å². The van der Waals surface area contributed by atoms with Crippen molar-refractivity contribution in [3.05, 3.63) is 16.7 Å². The van der Waals surface area contributed by atoms with Crippen molar-refractivity contribution in [3.8, 4) is 0 Å². The number of aliphatic hydroxyl groups excluding tert-OH is 1. The molecule has 2 heterocycles. The number of hydrogen-bond acceptors (Lipinski definition) is 8. The average Bonchev–Trinajstić information content (AvgIpc) is 2.82. The molecule has 0 spiro atoms. The highest BCUT2D eigenvalue weighted by Gasteiger charge is 2.23. The monoisotopic (exact) mass is 351 g/mol. The van der Waals surface area contributed by atoms with Gasteiger partial charge >= 0.3 is 13.3 Å². The minimum absolute atomic E-state index is 0.0291. The van der Waals surface area contributed by atoms with E-state index >= 15 is 0 Å². The normalized spacial score (nSPS) is 11.1. The number of hydrogen-bond donors (Lipinski definition) is 6. The van der Waals surface area contributed by atoms with Crippen molar-refractivity contribution in [2.75, 3.05) is 18.9 Å². The molecule has 0 atom stereocenters. The van der Waals surface area contributed by atoms with Gasteiger partial charge in [-0.15, -0.1) is 0 Å². The summed E-state index contributed by atoms with van der Waals surface area (Å²) in [4.78, 5) is 46.1. The highest BCUT2D eigenvalue weighted by molar-refractivity contribution is 7.69. The van der Waals surface area contributed by atoms with Crippen LogP contribution in [0.5, 0.6) is 0 Å². The van der Waals surface area contributed by atoms with Crippen LogP contribution < -0.4 is 11.3 Å². The fraction of sp³-hybridized carbons (Fsp3) is 0.333. The number of carbonyl (C=O) groups is 1. The number of nitrogens with one attached hydrogen (secondary N) is 1. The van der Waals surface area contributed by atoms with Gasteiger partial charge in [-0.2, -0.15) is 4.98 Å². The minimum Gasteiger partial charge on any atom is -0.472 e. The minimum atomic E-state index is -4.82. The molecular weight excluding hydrogens is 337 g/mol. The Morgan fingerprint density at radius 2 is 2.09 bits per heavy atom. The Morgan fingerprint density at radius 3 is 2.61 bits per heavy atom. The van der Waals surface area contributed by atoms with Crippen LogP contribution in [-0.2, 0) is 16.0 Å². The molecule has 128 valence electrons. The number of nitrogen functional groups attached to an aromatic ring is 1. The maximum Gasteiger partial charge on any atom is 0.433 e. The van der Waals surface area contributed by atoms with Gasteiger partial charge in [-0.05, 0) is 0 Å². The second-order valence-corrected chi connectivity index (χ2v) is 5.40. The number of anilines is 1. The van der Waals surface area contributed by atoms with Crippen molar-refractivity contribution < 1.29 is 34.1 Å². The summed E-state index contributed by atoms with van der Waals surface area (Å²) in [5.74, 6) is 0.0291. The second-order valence-electron chi connectivity index (χ2n) is 3.93. The molecule has 23 heavy (non-hydrogen) atoms. The SMILES string of the molecule is Nc1nc2c(ncn2COCCO)c(=O)[nH]1.O=C(O)P(=O)(O)O. The zero-order chi connectivity index (χ0) is 17.6. The zero-order valence-electron chi connectivity index (χ0n) is 11.5. The summed E-state index contributed by atoms with van der Waals surface area (Å²) in [5.41, 5.74) is 3.51. The molecule has 2 aromatic heterocycles. The van der Waals surface area contributed by atoms with Gasteiger partial charge in [-0.25, -0.2) is 14.3 Å². The van der Waals surface area contributed by atoms with Crippen LogP contribution in [0.4, 0.5) is 10.7 Å². The summed E-state index contributed by atoms with van der Waals surface area (Å²) >= 11 is 0. The van der Waals surface area contributed by atoms with E-state index < -0.39 is 13.3 Å². The fourth-order valence-electron chi connectivity index (χ4n) is 1.29. The number of nitrogens with zero attached hydrogens (tertiary/aromatic N) is 3. The highest BCUT2D eigenvalue weighted by atomic mass is 31.2. The third kappa shape index (κ3) is 5.43. The van der Waals surface area contributed by atoms with Gasteiger partial charge in [0.25, 0.3) is 5.56 Å². The van der Waals surface area contributed by atoms with E-state index in [9.17, 15) is 14.2 Å². The first-order valence-electron chi connectivity index (χ1n) is 5.85. The van der Waals surface area contributed by atoms with Gasteiger partial charge < -0.3 is 30.5 Å². The standard InChI is InChI=1S/C8H11N5O3.CH3O5P/c9-8-11-6-5(7(15)12-8)10-3-13(6)4-16-2-1-14;2-1(3)7(4,5)6/h3,14H,1-2,4H2,(H3,9,11,12,15);(H,2,3)(H2,4,5,6). The lowest BCUT2D eigenvalue weighted by molar-refractivity contribution is 0.0499. The van der Waals surface area contributed by atoms with Crippen LogP contribution in [-0.4, -0.2) is 58.4 Å². The second kappa shape index (κ2) is 7.80. The summed E-state index contributed by atoms with van der Waals surface area (Å²) in [5, 5.41) is 16.0. The lowest BCUT2D eigenvalue weighted by atomic mass is 10.5. The number of rotatable bonds is 5. The smallest absolute Gasteiger partial charge is 0.433 e. The first-order chi connectivity index (χ1) is 10.7. The van der Waals surface area contributed by atoms with Crippen molar-refractivity contribution in [2.45, 2.75) is 6.73 Å². The summed E-state index contributed by atoms with van der Waals surface area (Å²) < 4.78 is 16.1. The first kappa shape index (κ1) is 18.7. The number of fused-ring (bicyclic) bond motifs is 1. The van der Waals surface area contributed by atoms with Crippen molar-refractivity contribution >= 4 is 30.4 Å². The fourth-order valence-corrected chi connectivity index (χ4v) is 1.29. The molecular formula is C9H14N5O8P. The van der Waals surface area contributed by atoms with Crippen LogP contribution in [0.25, 0.3) is 11.2 Å². The van der Waals surface area contributed by atoms with Gasteiger partial charge in [0.1, 0.15) is 6.73 Å². The largest absolute Gasteiger partial charge is 0.472 e. The molecule has 0 saturated carbocycles. The van der Waals surface area contributed by atoms with E-state index in [-0.39, 0.29) is 37.0 Å². The maximum absolute atomic E-state index is 11.4. The van der Waals surface area contributed by atoms with Crippen molar-refractivity contribution in [2.24, 2.45) is 0 Å². The van der Waals surface area contributed by atoms with E-state index in [0.717, 1.165) is 0 Å². The maximum atomic E-state index is 11.4. The van der Waals surface area contributed by atoms with Crippen LogP contribution in [0.15, 0.2) is 11.1 Å². The molecule has 2 aromatic rings. The van der Waals surface area contributed by atoms with E-state index in [2.05, 4.69) is 15.0 Å². The van der Waals surface area contributed by atoms with Crippen molar-refractivity contribution in [1.82, 2.24) is 19.5 Å².